The van der Waals surface area contributed by atoms with E-state index < -0.39 is 0 Å². The van der Waals surface area contributed by atoms with Crippen molar-refractivity contribution in [2.24, 2.45) is 5.92 Å². The lowest BCUT2D eigenvalue weighted by atomic mass is 9.85. The van der Waals surface area contributed by atoms with Gasteiger partial charge in [0.15, 0.2) is 0 Å². The highest BCUT2D eigenvalue weighted by Crippen LogP contribution is 2.29. The standard InChI is InChI=1S/C15H20N2OS2/c18-10-11-4-1-2-5-13(11)16-8-12-9-17-15(20-12)14-6-3-7-19-14/h3,6-7,9,11,13,16,18H,1-2,4-5,8,10H2. The van der Waals surface area contributed by atoms with Crippen molar-refractivity contribution in [2.45, 2.75) is 38.3 Å². The minimum absolute atomic E-state index is 0.306. The fourth-order valence-corrected chi connectivity index (χ4v) is 4.50. The Hall–Kier alpha value is -0.750. The summed E-state index contributed by atoms with van der Waals surface area (Å²) in [6, 6.07) is 4.64. The van der Waals surface area contributed by atoms with Crippen LogP contribution in [0.25, 0.3) is 9.88 Å². The van der Waals surface area contributed by atoms with E-state index in [2.05, 4.69) is 27.8 Å². The van der Waals surface area contributed by atoms with Gasteiger partial charge in [0.1, 0.15) is 5.01 Å². The van der Waals surface area contributed by atoms with Crippen molar-refractivity contribution in [3.05, 3.63) is 28.6 Å². The first-order valence-corrected chi connectivity index (χ1v) is 8.89. The van der Waals surface area contributed by atoms with Crippen molar-refractivity contribution in [1.29, 1.82) is 0 Å². The van der Waals surface area contributed by atoms with E-state index in [0.29, 0.717) is 18.6 Å². The molecular weight excluding hydrogens is 288 g/mol. The van der Waals surface area contributed by atoms with Crippen molar-refractivity contribution >= 4 is 22.7 Å². The van der Waals surface area contributed by atoms with Gasteiger partial charge in [0.05, 0.1) is 4.88 Å². The molecule has 2 aromatic rings. The van der Waals surface area contributed by atoms with Crippen LogP contribution in [0, 0.1) is 5.92 Å². The molecule has 5 heteroatoms. The molecule has 0 saturated heterocycles. The molecule has 0 aliphatic heterocycles. The molecule has 108 valence electrons. The molecule has 0 spiro atoms. The lowest BCUT2D eigenvalue weighted by Gasteiger charge is -2.30. The average Bonchev–Trinajstić information content (AvgIpc) is 3.16. The summed E-state index contributed by atoms with van der Waals surface area (Å²) in [5.74, 6) is 0.424. The zero-order valence-electron chi connectivity index (χ0n) is 11.4. The Bertz CT molecular complexity index is 524. The maximum atomic E-state index is 9.44. The fraction of sp³-hybridized carbons (Fsp3) is 0.533. The van der Waals surface area contributed by atoms with Crippen LogP contribution in [-0.4, -0.2) is 22.7 Å². The van der Waals surface area contributed by atoms with Crippen molar-refractivity contribution in [3.8, 4) is 9.88 Å². The molecule has 2 atom stereocenters. The van der Waals surface area contributed by atoms with Crippen molar-refractivity contribution < 1.29 is 5.11 Å². The third-order valence-electron chi connectivity index (χ3n) is 3.97. The van der Waals surface area contributed by atoms with Gasteiger partial charge in [0.2, 0.25) is 0 Å². The van der Waals surface area contributed by atoms with Gasteiger partial charge in [0, 0.05) is 30.3 Å². The van der Waals surface area contributed by atoms with Crippen molar-refractivity contribution in [3.63, 3.8) is 0 Å². The number of aromatic nitrogens is 1. The van der Waals surface area contributed by atoms with Crippen LogP contribution in [0.5, 0.6) is 0 Å². The normalized spacial score (nSPS) is 23.1. The van der Waals surface area contributed by atoms with Gasteiger partial charge in [0.25, 0.3) is 0 Å². The predicted molar refractivity (Wildman–Crippen MR) is 85.1 cm³/mol. The first-order valence-electron chi connectivity index (χ1n) is 7.19. The molecular formula is C15H20N2OS2. The first kappa shape index (κ1) is 14.2. The van der Waals surface area contributed by atoms with Gasteiger partial charge in [-0.2, -0.15) is 0 Å². The van der Waals surface area contributed by atoms with Crippen LogP contribution in [-0.2, 0) is 6.54 Å². The van der Waals surface area contributed by atoms with Gasteiger partial charge >= 0.3 is 0 Å². The number of aliphatic hydroxyl groups is 1. The number of rotatable bonds is 5. The highest BCUT2D eigenvalue weighted by Gasteiger charge is 2.23. The van der Waals surface area contributed by atoms with Crippen molar-refractivity contribution in [1.82, 2.24) is 10.3 Å². The summed E-state index contributed by atoms with van der Waals surface area (Å²) >= 11 is 3.50. The second-order valence-electron chi connectivity index (χ2n) is 5.32. The summed E-state index contributed by atoms with van der Waals surface area (Å²) in [4.78, 5) is 7.02. The van der Waals surface area contributed by atoms with E-state index in [1.807, 2.05) is 6.20 Å². The summed E-state index contributed by atoms with van der Waals surface area (Å²) < 4.78 is 0. The molecule has 3 rings (SSSR count). The molecule has 0 bridgehead atoms. The molecule has 2 heterocycles. The molecule has 2 N–H and O–H groups in total. The number of hydrogen-bond donors (Lipinski definition) is 2. The lowest BCUT2D eigenvalue weighted by molar-refractivity contribution is 0.152. The van der Waals surface area contributed by atoms with Gasteiger partial charge in [-0.25, -0.2) is 4.98 Å². The van der Waals surface area contributed by atoms with Gasteiger partial charge in [-0.3, -0.25) is 0 Å². The summed E-state index contributed by atoms with van der Waals surface area (Å²) in [7, 11) is 0. The van der Waals surface area contributed by atoms with E-state index in [4.69, 9.17) is 0 Å². The third-order valence-corrected chi connectivity index (χ3v) is 6.00. The second-order valence-corrected chi connectivity index (χ2v) is 7.39. The van der Waals surface area contributed by atoms with Crippen LogP contribution in [0.15, 0.2) is 23.7 Å². The Kier molecular flexibility index (Phi) is 4.83. The Labute approximate surface area is 127 Å². The number of aliphatic hydroxyl groups excluding tert-OH is 1. The van der Waals surface area contributed by atoms with Crippen LogP contribution in [0.3, 0.4) is 0 Å². The third kappa shape index (κ3) is 3.28. The van der Waals surface area contributed by atoms with E-state index >= 15 is 0 Å². The first-order chi connectivity index (χ1) is 9.86. The molecule has 2 unspecified atom stereocenters. The minimum atomic E-state index is 0.306. The minimum Gasteiger partial charge on any atom is -0.396 e. The van der Waals surface area contributed by atoms with E-state index in [0.717, 1.165) is 18.0 Å². The topological polar surface area (TPSA) is 45.1 Å². The molecule has 1 aliphatic carbocycles. The summed E-state index contributed by atoms with van der Waals surface area (Å²) in [5, 5.41) is 16.2. The molecule has 2 aromatic heterocycles. The number of nitrogens with one attached hydrogen (secondary N) is 1. The number of thiazole rings is 1. The zero-order valence-corrected chi connectivity index (χ0v) is 13.1. The monoisotopic (exact) mass is 308 g/mol. The van der Waals surface area contributed by atoms with Crippen LogP contribution in [0.2, 0.25) is 0 Å². The molecule has 1 saturated carbocycles. The van der Waals surface area contributed by atoms with Gasteiger partial charge in [-0.15, -0.1) is 22.7 Å². The highest BCUT2D eigenvalue weighted by atomic mass is 32.1. The van der Waals surface area contributed by atoms with Crippen LogP contribution in [0.1, 0.15) is 30.6 Å². The lowest BCUT2D eigenvalue weighted by Crippen LogP contribution is -2.39. The maximum Gasteiger partial charge on any atom is 0.133 e. The van der Waals surface area contributed by atoms with E-state index in [1.54, 1.807) is 22.7 Å². The van der Waals surface area contributed by atoms with Gasteiger partial charge in [-0.05, 0) is 30.2 Å². The largest absolute Gasteiger partial charge is 0.396 e. The van der Waals surface area contributed by atoms with Crippen LogP contribution in [0.4, 0.5) is 0 Å². The second kappa shape index (κ2) is 6.80. The average molecular weight is 308 g/mol. The number of nitrogens with zero attached hydrogens (tertiary/aromatic N) is 1. The number of hydrogen-bond acceptors (Lipinski definition) is 5. The molecule has 0 aromatic carbocycles. The number of thiophene rings is 1. The van der Waals surface area contributed by atoms with E-state index in [9.17, 15) is 5.11 Å². The molecule has 1 fully saturated rings. The molecule has 1 aliphatic rings. The van der Waals surface area contributed by atoms with Crippen molar-refractivity contribution in [2.75, 3.05) is 6.61 Å². The Morgan fingerprint density at radius 2 is 2.25 bits per heavy atom. The Balaban J connectivity index is 1.58. The zero-order chi connectivity index (χ0) is 13.8. The summed E-state index contributed by atoms with van der Waals surface area (Å²) in [5.41, 5.74) is 0. The quantitative estimate of drug-likeness (QED) is 0.888. The fourth-order valence-electron chi connectivity index (χ4n) is 2.83. The maximum absolute atomic E-state index is 9.44. The summed E-state index contributed by atoms with van der Waals surface area (Å²) in [6.07, 6.45) is 6.84. The highest BCUT2D eigenvalue weighted by molar-refractivity contribution is 7.20. The molecule has 0 amide bonds. The Morgan fingerprint density at radius 1 is 1.35 bits per heavy atom. The Morgan fingerprint density at radius 3 is 3.05 bits per heavy atom. The van der Waals surface area contributed by atoms with Crippen LogP contribution < -0.4 is 5.32 Å². The molecule has 3 nitrogen and oxygen atoms in total. The van der Waals surface area contributed by atoms with E-state index in [1.165, 1.54) is 29.0 Å². The smallest absolute Gasteiger partial charge is 0.133 e. The molecule has 0 radical (unpaired) electrons. The van der Waals surface area contributed by atoms with Gasteiger partial charge in [-0.1, -0.05) is 18.9 Å². The van der Waals surface area contributed by atoms with Gasteiger partial charge < -0.3 is 10.4 Å². The SMILES string of the molecule is OCC1CCCCC1NCc1cnc(-c2cccs2)s1. The van der Waals surface area contributed by atoms with E-state index in [-0.39, 0.29) is 0 Å². The summed E-state index contributed by atoms with van der Waals surface area (Å²) in [6.45, 7) is 1.17. The van der Waals surface area contributed by atoms with Crippen LogP contribution >= 0.6 is 22.7 Å². The molecule has 20 heavy (non-hydrogen) atoms. The predicted octanol–water partition coefficient (Wildman–Crippen LogP) is 3.51.